The maximum Gasteiger partial charge on any atom is 0.234 e. The van der Waals surface area contributed by atoms with Gasteiger partial charge in [0.1, 0.15) is 0 Å². The normalized spacial score (nSPS) is 23.5. The molecule has 0 aromatic carbocycles. The van der Waals surface area contributed by atoms with Gasteiger partial charge in [-0.15, -0.1) is 0 Å². The summed E-state index contributed by atoms with van der Waals surface area (Å²) >= 11 is 0. The smallest absolute Gasteiger partial charge is 0.234 e. The van der Waals surface area contributed by atoms with Crippen LogP contribution in [0.25, 0.3) is 0 Å². The van der Waals surface area contributed by atoms with Crippen molar-refractivity contribution >= 4 is 5.91 Å². The van der Waals surface area contributed by atoms with Crippen molar-refractivity contribution in [1.29, 1.82) is 0 Å². The van der Waals surface area contributed by atoms with Gasteiger partial charge in [0, 0.05) is 12.6 Å². The number of hydrogen-bond donors (Lipinski definition) is 1. The van der Waals surface area contributed by atoms with Gasteiger partial charge in [-0.3, -0.25) is 9.69 Å². The van der Waals surface area contributed by atoms with Crippen molar-refractivity contribution in [3.8, 4) is 0 Å². The molecule has 2 atom stereocenters. The molecule has 3 nitrogen and oxygen atoms in total. The second-order valence-corrected chi connectivity index (χ2v) is 4.64. The van der Waals surface area contributed by atoms with E-state index in [-0.39, 0.29) is 11.9 Å². The van der Waals surface area contributed by atoms with Crippen molar-refractivity contribution in [2.45, 2.75) is 64.5 Å². The molecule has 1 aliphatic rings. The number of carbonyl (C=O) groups is 1. The maximum atomic E-state index is 11.1. The highest BCUT2D eigenvalue weighted by molar-refractivity contribution is 5.80. The molecule has 1 aliphatic heterocycles. The summed E-state index contributed by atoms with van der Waals surface area (Å²) in [6.45, 7) is 5.48. The van der Waals surface area contributed by atoms with Gasteiger partial charge < -0.3 is 5.73 Å². The first-order chi connectivity index (χ1) is 7.16. The second kappa shape index (κ2) is 6.11. The van der Waals surface area contributed by atoms with Gasteiger partial charge in [-0.1, -0.05) is 32.6 Å². The number of rotatable bonds is 7. The predicted octanol–water partition coefficient (Wildman–Crippen LogP) is 1.90. The van der Waals surface area contributed by atoms with Crippen LogP contribution in [0.3, 0.4) is 0 Å². The van der Waals surface area contributed by atoms with Crippen LogP contribution in [0, 0.1) is 0 Å². The van der Waals surface area contributed by atoms with Crippen molar-refractivity contribution in [2.24, 2.45) is 5.73 Å². The van der Waals surface area contributed by atoms with E-state index in [4.69, 9.17) is 5.73 Å². The Kier molecular flexibility index (Phi) is 5.09. The lowest BCUT2D eigenvalue weighted by Crippen LogP contribution is -2.58. The lowest BCUT2D eigenvalue weighted by molar-refractivity contribution is -0.129. The predicted molar refractivity (Wildman–Crippen MR) is 62.5 cm³/mol. The van der Waals surface area contributed by atoms with E-state index in [1.54, 1.807) is 0 Å². The van der Waals surface area contributed by atoms with Crippen LogP contribution in [0.4, 0.5) is 0 Å². The van der Waals surface area contributed by atoms with Crippen molar-refractivity contribution in [3.63, 3.8) is 0 Å². The van der Waals surface area contributed by atoms with Crippen LogP contribution in [0.5, 0.6) is 0 Å². The number of likely N-dealkylation sites (tertiary alicyclic amines) is 1. The highest BCUT2D eigenvalue weighted by atomic mass is 16.1. The van der Waals surface area contributed by atoms with E-state index in [1.165, 1.54) is 32.1 Å². The second-order valence-electron chi connectivity index (χ2n) is 4.64. The van der Waals surface area contributed by atoms with Crippen molar-refractivity contribution in [1.82, 2.24) is 4.90 Å². The molecular formula is C12H24N2O. The summed E-state index contributed by atoms with van der Waals surface area (Å²) < 4.78 is 0. The maximum absolute atomic E-state index is 11.1. The van der Waals surface area contributed by atoms with Gasteiger partial charge >= 0.3 is 0 Å². The third-order valence-electron chi connectivity index (χ3n) is 3.43. The van der Waals surface area contributed by atoms with Crippen molar-refractivity contribution in [3.05, 3.63) is 0 Å². The quantitative estimate of drug-likeness (QED) is 0.655. The summed E-state index contributed by atoms with van der Waals surface area (Å²) in [6, 6.07) is 0.541. The van der Waals surface area contributed by atoms with E-state index < -0.39 is 0 Å². The van der Waals surface area contributed by atoms with Gasteiger partial charge in [0.2, 0.25) is 5.91 Å². The van der Waals surface area contributed by atoms with Gasteiger partial charge in [0.15, 0.2) is 0 Å². The molecular weight excluding hydrogens is 188 g/mol. The Bertz CT molecular complexity index is 206. The molecule has 0 aliphatic carbocycles. The summed E-state index contributed by atoms with van der Waals surface area (Å²) in [5.74, 6) is -0.151. The first-order valence-corrected chi connectivity index (χ1v) is 6.22. The molecule has 1 amide bonds. The van der Waals surface area contributed by atoms with Crippen LogP contribution in [-0.4, -0.2) is 29.4 Å². The summed E-state index contributed by atoms with van der Waals surface area (Å²) in [5.41, 5.74) is 5.32. The third-order valence-corrected chi connectivity index (χ3v) is 3.43. The van der Waals surface area contributed by atoms with E-state index in [0.29, 0.717) is 6.04 Å². The Morgan fingerprint density at radius 1 is 1.47 bits per heavy atom. The third kappa shape index (κ3) is 3.49. The van der Waals surface area contributed by atoms with E-state index >= 15 is 0 Å². The summed E-state index contributed by atoms with van der Waals surface area (Å²) in [5, 5.41) is 0. The molecule has 1 rings (SSSR count). The number of carbonyl (C=O) groups excluding carboxylic acids is 1. The zero-order valence-electron chi connectivity index (χ0n) is 10.0. The lowest BCUT2D eigenvalue weighted by Gasteiger charge is -2.43. The molecule has 0 saturated carbocycles. The van der Waals surface area contributed by atoms with Crippen molar-refractivity contribution < 1.29 is 4.79 Å². The summed E-state index contributed by atoms with van der Waals surface area (Å²) in [4.78, 5) is 13.3. The van der Waals surface area contributed by atoms with E-state index in [2.05, 4.69) is 18.7 Å². The van der Waals surface area contributed by atoms with Crippen LogP contribution in [0.1, 0.15) is 52.4 Å². The van der Waals surface area contributed by atoms with Crippen LogP contribution in [0.2, 0.25) is 0 Å². The fourth-order valence-electron chi connectivity index (χ4n) is 2.27. The molecule has 0 spiro atoms. The Morgan fingerprint density at radius 3 is 2.67 bits per heavy atom. The fourth-order valence-corrected chi connectivity index (χ4v) is 2.27. The molecule has 1 fully saturated rings. The number of nitrogens with two attached hydrogens (primary N) is 1. The summed E-state index contributed by atoms with van der Waals surface area (Å²) in [7, 11) is 0. The first-order valence-electron chi connectivity index (χ1n) is 6.22. The molecule has 15 heavy (non-hydrogen) atoms. The van der Waals surface area contributed by atoms with Crippen LogP contribution < -0.4 is 5.73 Å². The average molecular weight is 212 g/mol. The van der Waals surface area contributed by atoms with E-state index in [0.717, 1.165) is 13.0 Å². The van der Waals surface area contributed by atoms with Gasteiger partial charge in [-0.25, -0.2) is 0 Å². The van der Waals surface area contributed by atoms with Gasteiger partial charge in [0.05, 0.1) is 6.04 Å². The topological polar surface area (TPSA) is 46.3 Å². The number of primary amides is 1. The van der Waals surface area contributed by atoms with E-state index in [9.17, 15) is 4.79 Å². The minimum atomic E-state index is -0.151. The lowest BCUT2D eigenvalue weighted by atomic mass is 9.97. The Balaban J connectivity index is 2.17. The zero-order chi connectivity index (χ0) is 11.3. The van der Waals surface area contributed by atoms with Crippen molar-refractivity contribution in [2.75, 3.05) is 6.54 Å². The summed E-state index contributed by atoms with van der Waals surface area (Å²) in [6.07, 6.45) is 7.35. The molecule has 2 N–H and O–H groups in total. The van der Waals surface area contributed by atoms with Gasteiger partial charge in [0.25, 0.3) is 0 Å². The Morgan fingerprint density at radius 2 is 2.20 bits per heavy atom. The van der Waals surface area contributed by atoms with Crippen LogP contribution in [0.15, 0.2) is 0 Å². The minimum Gasteiger partial charge on any atom is -0.368 e. The standard InChI is InChI=1S/C12H24N2O/c1-3-4-5-6-7-10(2)14-9-8-11(14)12(13)15/h10-11H,3-9H2,1-2H3,(H2,13,15). The monoisotopic (exact) mass is 212 g/mol. The first kappa shape index (κ1) is 12.5. The molecule has 3 heteroatoms. The van der Waals surface area contributed by atoms with E-state index in [1.807, 2.05) is 0 Å². The Labute approximate surface area is 93.0 Å². The average Bonchev–Trinajstić information content (AvgIpc) is 2.09. The van der Waals surface area contributed by atoms with Gasteiger partial charge in [-0.05, 0) is 19.8 Å². The SMILES string of the molecule is CCCCCCC(C)N1CCC1C(N)=O. The molecule has 2 unspecified atom stereocenters. The number of unbranched alkanes of at least 4 members (excludes halogenated alkanes) is 3. The molecule has 0 radical (unpaired) electrons. The Hall–Kier alpha value is -0.570. The number of amides is 1. The van der Waals surface area contributed by atoms with Crippen LogP contribution in [-0.2, 0) is 4.79 Å². The highest BCUT2D eigenvalue weighted by Crippen LogP contribution is 2.23. The molecule has 0 aromatic heterocycles. The molecule has 1 heterocycles. The fraction of sp³-hybridized carbons (Fsp3) is 0.917. The highest BCUT2D eigenvalue weighted by Gasteiger charge is 2.35. The largest absolute Gasteiger partial charge is 0.368 e. The van der Waals surface area contributed by atoms with Crippen LogP contribution >= 0.6 is 0 Å². The molecule has 0 bridgehead atoms. The number of hydrogen-bond acceptors (Lipinski definition) is 2. The minimum absolute atomic E-state index is 0.0196. The number of nitrogens with zero attached hydrogens (tertiary/aromatic N) is 1. The van der Waals surface area contributed by atoms with Gasteiger partial charge in [-0.2, -0.15) is 0 Å². The zero-order valence-corrected chi connectivity index (χ0v) is 10.0. The molecule has 1 saturated heterocycles. The molecule has 88 valence electrons. The molecule has 0 aromatic rings.